The van der Waals surface area contributed by atoms with Crippen LogP contribution in [0.1, 0.15) is 18.2 Å². The van der Waals surface area contributed by atoms with Crippen LogP contribution < -0.4 is 14.8 Å². The van der Waals surface area contributed by atoms with Crippen molar-refractivity contribution in [2.75, 3.05) is 19.0 Å². The summed E-state index contributed by atoms with van der Waals surface area (Å²) in [7, 11) is 3.56. The highest BCUT2D eigenvalue weighted by Gasteiger charge is 2.12. The summed E-state index contributed by atoms with van der Waals surface area (Å²) in [6.07, 6.45) is 1.94. The maximum absolute atomic E-state index is 5.63. The van der Waals surface area contributed by atoms with Crippen molar-refractivity contribution in [1.29, 1.82) is 0 Å². The summed E-state index contributed by atoms with van der Waals surface area (Å²) in [5.41, 5.74) is 3.04. The monoisotopic (exact) mass is 358 g/mol. The van der Waals surface area contributed by atoms with Crippen molar-refractivity contribution in [2.24, 2.45) is 7.05 Å². The van der Waals surface area contributed by atoms with Crippen LogP contribution in [0.25, 0.3) is 10.6 Å². The molecule has 7 heteroatoms. The Morgan fingerprint density at radius 1 is 1.24 bits per heavy atom. The Bertz CT molecular complexity index is 857. The van der Waals surface area contributed by atoms with Gasteiger partial charge in [0, 0.05) is 19.8 Å². The van der Waals surface area contributed by atoms with E-state index >= 15 is 0 Å². The van der Waals surface area contributed by atoms with Gasteiger partial charge < -0.3 is 14.8 Å². The number of aromatic nitrogens is 3. The summed E-state index contributed by atoms with van der Waals surface area (Å²) in [4.78, 5) is 5.70. The van der Waals surface area contributed by atoms with Gasteiger partial charge in [-0.25, -0.2) is 4.98 Å². The largest absolute Gasteiger partial charge is 0.493 e. The summed E-state index contributed by atoms with van der Waals surface area (Å²) in [5.74, 6) is 1.50. The fourth-order valence-electron chi connectivity index (χ4n) is 2.52. The first-order valence-electron chi connectivity index (χ1n) is 8.11. The molecule has 25 heavy (non-hydrogen) atoms. The van der Waals surface area contributed by atoms with E-state index < -0.39 is 0 Å². The Morgan fingerprint density at radius 3 is 2.76 bits per heavy atom. The number of aryl methyl sites for hydroxylation is 2. The van der Waals surface area contributed by atoms with E-state index in [1.165, 1.54) is 0 Å². The van der Waals surface area contributed by atoms with Crippen LogP contribution in [-0.2, 0) is 13.6 Å². The number of hydrogen-bond donors (Lipinski definition) is 1. The Hall–Kier alpha value is -2.54. The lowest BCUT2D eigenvalue weighted by Crippen LogP contribution is -2.01. The highest BCUT2D eigenvalue weighted by molar-refractivity contribution is 7.19. The number of thiazole rings is 1. The molecule has 0 unspecified atom stereocenters. The minimum atomic E-state index is 0.604. The molecule has 3 rings (SSSR count). The van der Waals surface area contributed by atoms with Gasteiger partial charge in [-0.05, 0) is 37.6 Å². The van der Waals surface area contributed by atoms with Crippen molar-refractivity contribution < 1.29 is 9.47 Å². The summed E-state index contributed by atoms with van der Waals surface area (Å²) in [6, 6.07) is 7.94. The third-order valence-corrected chi connectivity index (χ3v) is 4.85. The minimum absolute atomic E-state index is 0.604. The Balaban J connectivity index is 1.73. The van der Waals surface area contributed by atoms with Crippen LogP contribution in [0, 0.1) is 6.92 Å². The summed E-state index contributed by atoms with van der Waals surface area (Å²) < 4.78 is 12.7. The molecule has 1 N–H and O–H groups in total. The SMILES string of the molecule is CCOc1cc(CNc2nc(C)c(-c3ccn(C)n3)s2)ccc1OC. The first-order chi connectivity index (χ1) is 12.1. The molecule has 0 bridgehead atoms. The van der Waals surface area contributed by atoms with E-state index in [2.05, 4.69) is 15.4 Å². The lowest BCUT2D eigenvalue weighted by atomic mass is 10.2. The van der Waals surface area contributed by atoms with Gasteiger partial charge in [0.05, 0.1) is 24.3 Å². The first-order valence-corrected chi connectivity index (χ1v) is 8.93. The van der Waals surface area contributed by atoms with Gasteiger partial charge in [0.15, 0.2) is 16.6 Å². The van der Waals surface area contributed by atoms with E-state index in [9.17, 15) is 0 Å². The molecule has 6 nitrogen and oxygen atoms in total. The molecule has 0 saturated carbocycles. The van der Waals surface area contributed by atoms with E-state index in [0.29, 0.717) is 13.2 Å². The second-order valence-corrected chi connectivity index (χ2v) is 6.58. The average Bonchev–Trinajstić information content (AvgIpc) is 3.19. The third kappa shape index (κ3) is 3.93. The number of anilines is 1. The molecule has 132 valence electrons. The molecular weight excluding hydrogens is 336 g/mol. The first kappa shape index (κ1) is 17.3. The molecule has 0 atom stereocenters. The van der Waals surface area contributed by atoms with Crippen LogP contribution in [0.3, 0.4) is 0 Å². The van der Waals surface area contributed by atoms with Crippen LogP contribution >= 0.6 is 11.3 Å². The van der Waals surface area contributed by atoms with Crippen molar-refractivity contribution in [2.45, 2.75) is 20.4 Å². The highest BCUT2D eigenvalue weighted by atomic mass is 32.1. The molecule has 2 heterocycles. The molecule has 0 amide bonds. The van der Waals surface area contributed by atoms with Gasteiger partial charge >= 0.3 is 0 Å². The topological polar surface area (TPSA) is 61.2 Å². The molecule has 0 fully saturated rings. The number of nitrogens with zero attached hydrogens (tertiary/aromatic N) is 3. The molecule has 0 radical (unpaired) electrons. The van der Waals surface area contributed by atoms with Crippen LogP contribution in [0.2, 0.25) is 0 Å². The lowest BCUT2D eigenvalue weighted by molar-refractivity contribution is 0.310. The number of benzene rings is 1. The van der Waals surface area contributed by atoms with Crippen molar-refractivity contribution in [3.8, 4) is 22.1 Å². The van der Waals surface area contributed by atoms with Crippen molar-refractivity contribution in [1.82, 2.24) is 14.8 Å². The summed E-state index contributed by atoms with van der Waals surface area (Å²) in [5, 5.41) is 8.72. The number of rotatable bonds is 7. The number of hydrogen-bond acceptors (Lipinski definition) is 6. The third-order valence-electron chi connectivity index (χ3n) is 3.71. The standard InChI is InChI=1S/C18H22N4O2S/c1-5-24-16-10-13(6-7-15(16)23-4)11-19-18-20-12(2)17(25-18)14-8-9-22(3)21-14/h6-10H,5,11H2,1-4H3,(H,19,20). The Kier molecular flexibility index (Phi) is 5.23. The number of nitrogens with one attached hydrogen (secondary N) is 1. The average molecular weight is 358 g/mol. The van der Waals surface area contributed by atoms with Gasteiger partial charge in [-0.3, -0.25) is 4.68 Å². The molecule has 0 aliphatic heterocycles. The molecule has 0 spiro atoms. The number of ether oxygens (including phenoxy) is 2. The van der Waals surface area contributed by atoms with Gasteiger partial charge in [0.1, 0.15) is 5.69 Å². The lowest BCUT2D eigenvalue weighted by Gasteiger charge is -2.11. The smallest absolute Gasteiger partial charge is 0.183 e. The normalized spacial score (nSPS) is 10.7. The summed E-state index contributed by atoms with van der Waals surface area (Å²) >= 11 is 1.61. The zero-order valence-corrected chi connectivity index (χ0v) is 15.7. The molecule has 3 aromatic rings. The second-order valence-electron chi connectivity index (χ2n) is 5.58. The molecule has 2 aromatic heterocycles. The van der Waals surface area contributed by atoms with Crippen LogP contribution in [0.15, 0.2) is 30.5 Å². The predicted octanol–water partition coefficient (Wildman–Crippen LogP) is 3.87. The molecular formula is C18H22N4O2S. The van der Waals surface area contributed by atoms with E-state index in [1.807, 2.05) is 51.4 Å². The van der Waals surface area contributed by atoms with Crippen molar-refractivity contribution >= 4 is 16.5 Å². The minimum Gasteiger partial charge on any atom is -0.493 e. The van der Waals surface area contributed by atoms with Gasteiger partial charge in [0.25, 0.3) is 0 Å². The van der Waals surface area contributed by atoms with Gasteiger partial charge in [-0.1, -0.05) is 17.4 Å². The van der Waals surface area contributed by atoms with E-state index in [0.717, 1.165) is 38.5 Å². The van der Waals surface area contributed by atoms with E-state index in [1.54, 1.807) is 23.1 Å². The van der Waals surface area contributed by atoms with Crippen molar-refractivity contribution in [3.63, 3.8) is 0 Å². The van der Waals surface area contributed by atoms with Gasteiger partial charge in [0.2, 0.25) is 0 Å². The predicted molar refractivity (Wildman–Crippen MR) is 101 cm³/mol. The zero-order valence-electron chi connectivity index (χ0n) is 14.9. The quantitative estimate of drug-likeness (QED) is 0.695. The molecule has 0 saturated heterocycles. The van der Waals surface area contributed by atoms with Crippen LogP contribution in [0.5, 0.6) is 11.5 Å². The van der Waals surface area contributed by atoms with Gasteiger partial charge in [-0.15, -0.1) is 0 Å². The Morgan fingerprint density at radius 2 is 2.08 bits per heavy atom. The maximum atomic E-state index is 5.63. The Labute approximate surface area is 151 Å². The fourth-order valence-corrected chi connectivity index (χ4v) is 3.45. The van der Waals surface area contributed by atoms with Gasteiger partial charge in [-0.2, -0.15) is 5.10 Å². The van der Waals surface area contributed by atoms with E-state index in [4.69, 9.17) is 9.47 Å². The number of methoxy groups -OCH3 is 1. The molecule has 0 aliphatic rings. The second kappa shape index (κ2) is 7.57. The molecule has 1 aromatic carbocycles. The van der Waals surface area contributed by atoms with Crippen molar-refractivity contribution in [3.05, 3.63) is 41.7 Å². The maximum Gasteiger partial charge on any atom is 0.183 e. The van der Waals surface area contributed by atoms with E-state index in [-0.39, 0.29) is 0 Å². The zero-order chi connectivity index (χ0) is 17.8. The van der Waals surface area contributed by atoms with Crippen LogP contribution in [0.4, 0.5) is 5.13 Å². The molecule has 0 aliphatic carbocycles. The fraction of sp³-hybridized carbons (Fsp3) is 0.333. The van der Waals surface area contributed by atoms with Crippen LogP contribution in [-0.4, -0.2) is 28.5 Å². The highest BCUT2D eigenvalue weighted by Crippen LogP contribution is 2.32. The summed E-state index contributed by atoms with van der Waals surface area (Å²) in [6.45, 7) is 5.24.